The van der Waals surface area contributed by atoms with E-state index in [9.17, 15) is 0 Å². The molecule has 0 amide bonds. The van der Waals surface area contributed by atoms with E-state index in [0.29, 0.717) is 6.61 Å². The summed E-state index contributed by atoms with van der Waals surface area (Å²) in [5, 5.41) is 2.18. The van der Waals surface area contributed by atoms with E-state index < -0.39 is 0 Å². The molecular weight excluding hydrogens is 390 g/mol. The highest BCUT2D eigenvalue weighted by Crippen LogP contribution is 2.37. The van der Waals surface area contributed by atoms with E-state index in [4.69, 9.17) is 4.74 Å². The number of unbranched alkanes of at least 4 members (excludes halogenated alkanes) is 2. The van der Waals surface area contributed by atoms with Crippen LogP contribution in [0.1, 0.15) is 33.1 Å². The van der Waals surface area contributed by atoms with Crippen LogP contribution in [0, 0.1) is 0 Å². The van der Waals surface area contributed by atoms with Crippen LogP contribution in [0.5, 0.6) is 5.75 Å². The fourth-order valence-corrected chi connectivity index (χ4v) is 4.58. The molecule has 5 heteroatoms. The predicted octanol–water partition coefficient (Wildman–Crippen LogP) is 6.77. The molecule has 0 atom stereocenters. The Kier molecular flexibility index (Phi) is 6.70. The molecule has 0 N–H and O–H groups in total. The Morgan fingerprint density at radius 2 is 1.73 bits per heavy atom. The van der Waals surface area contributed by atoms with Crippen molar-refractivity contribution < 1.29 is 4.74 Å². The second-order valence-corrected chi connectivity index (χ2v) is 8.22. The minimum absolute atomic E-state index is 0.662. The molecule has 0 fully saturated rings. The fraction of sp³-hybridized carbons (Fsp3) is 0.280. The van der Waals surface area contributed by atoms with E-state index in [0.717, 1.165) is 38.8 Å². The van der Waals surface area contributed by atoms with E-state index in [2.05, 4.69) is 64.1 Å². The van der Waals surface area contributed by atoms with Crippen LogP contribution >= 0.6 is 11.8 Å². The van der Waals surface area contributed by atoms with Gasteiger partial charge in [0.2, 0.25) is 0 Å². The molecule has 4 nitrogen and oxygen atoms in total. The smallest absolute Gasteiger partial charge is 0.149 e. The van der Waals surface area contributed by atoms with E-state index in [1.807, 2.05) is 36.9 Å². The maximum Gasteiger partial charge on any atom is 0.149 e. The Hall–Kier alpha value is -2.79. The van der Waals surface area contributed by atoms with Gasteiger partial charge in [0.1, 0.15) is 22.7 Å². The molecule has 154 valence electrons. The molecule has 4 aromatic rings. The van der Waals surface area contributed by atoms with Gasteiger partial charge >= 0.3 is 0 Å². The van der Waals surface area contributed by atoms with Gasteiger partial charge in [-0.2, -0.15) is 0 Å². The zero-order valence-electron chi connectivity index (χ0n) is 17.5. The number of aromatic nitrogens is 3. The van der Waals surface area contributed by atoms with Crippen molar-refractivity contribution in [3.05, 3.63) is 67.1 Å². The van der Waals surface area contributed by atoms with Crippen LogP contribution in [0.3, 0.4) is 0 Å². The monoisotopic (exact) mass is 417 g/mol. The molecule has 0 aliphatic heterocycles. The lowest BCUT2D eigenvalue weighted by molar-refractivity contribution is 0.340. The van der Waals surface area contributed by atoms with Gasteiger partial charge in [0.25, 0.3) is 0 Å². The zero-order valence-corrected chi connectivity index (χ0v) is 18.4. The summed E-state index contributed by atoms with van der Waals surface area (Å²) in [7, 11) is 0. The number of hydrogen-bond acceptors (Lipinski definition) is 4. The van der Waals surface area contributed by atoms with Gasteiger partial charge in [-0.1, -0.05) is 50.1 Å². The Morgan fingerprint density at radius 3 is 2.47 bits per heavy atom. The molecule has 0 saturated carbocycles. The van der Waals surface area contributed by atoms with E-state index >= 15 is 0 Å². The van der Waals surface area contributed by atoms with Crippen LogP contribution < -0.4 is 4.74 Å². The summed E-state index contributed by atoms with van der Waals surface area (Å²) in [6, 6.07) is 18.7. The quantitative estimate of drug-likeness (QED) is 0.171. The van der Waals surface area contributed by atoms with E-state index in [1.165, 1.54) is 24.8 Å². The number of rotatable bonds is 9. The maximum absolute atomic E-state index is 5.60. The molecule has 2 heterocycles. The van der Waals surface area contributed by atoms with Crippen molar-refractivity contribution in [3.63, 3.8) is 0 Å². The normalized spacial score (nSPS) is 11.1. The lowest BCUT2D eigenvalue weighted by Gasteiger charge is -2.08. The molecule has 0 spiro atoms. The van der Waals surface area contributed by atoms with Crippen molar-refractivity contribution in [1.29, 1.82) is 0 Å². The zero-order chi connectivity index (χ0) is 20.8. The highest BCUT2D eigenvalue weighted by atomic mass is 32.2. The predicted molar refractivity (Wildman–Crippen MR) is 126 cm³/mol. The first kappa shape index (κ1) is 20.5. The molecule has 0 saturated heterocycles. The number of fused-ring (bicyclic) bond motifs is 1. The maximum atomic E-state index is 5.60. The first-order valence-electron chi connectivity index (χ1n) is 10.6. The first-order chi connectivity index (χ1) is 14.8. The average molecular weight is 418 g/mol. The number of nitrogens with zero attached hydrogens (tertiary/aromatic N) is 3. The Morgan fingerprint density at radius 1 is 0.933 bits per heavy atom. The minimum Gasteiger partial charge on any atom is -0.494 e. The van der Waals surface area contributed by atoms with Gasteiger partial charge in [0, 0.05) is 17.4 Å². The number of hydrogen-bond donors (Lipinski definition) is 0. The SMILES string of the molecule is CCCCCSc1ncnc2c1c(-c1ccccc1)cn2-c1ccc(OCC)cc1. The highest BCUT2D eigenvalue weighted by Gasteiger charge is 2.17. The largest absolute Gasteiger partial charge is 0.494 e. The van der Waals surface area contributed by atoms with Crippen molar-refractivity contribution in [1.82, 2.24) is 14.5 Å². The van der Waals surface area contributed by atoms with Crippen molar-refractivity contribution in [2.24, 2.45) is 0 Å². The standard InChI is InChI=1S/C25H27N3OS/c1-3-5-9-16-30-25-23-22(19-10-7-6-8-11-19)17-28(24(23)26-18-27-25)20-12-14-21(15-13-20)29-4-2/h6-8,10-15,17-18H,3-5,9,16H2,1-2H3. The van der Waals surface area contributed by atoms with Gasteiger partial charge in [-0.3, -0.25) is 0 Å². The molecule has 30 heavy (non-hydrogen) atoms. The summed E-state index contributed by atoms with van der Waals surface area (Å²) in [6.07, 6.45) is 7.54. The lowest BCUT2D eigenvalue weighted by Crippen LogP contribution is -1.96. The van der Waals surface area contributed by atoms with Crippen molar-refractivity contribution in [2.75, 3.05) is 12.4 Å². The Bertz CT molecular complexity index is 1090. The summed E-state index contributed by atoms with van der Waals surface area (Å²) in [6.45, 7) is 4.89. The average Bonchev–Trinajstić information content (AvgIpc) is 3.19. The van der Waals surface area contributed by atoms with Crippen LogP contribution in [0.15, 0.2) is 72.1 Å². The van der Waals surface area contributed by atoms with Crippen LogP contribution in [0.2, 0.25) is 0 Å². The summed E-state index contributed by atoms with van der Waals surface area (Å²) in [5.74, 6) is 1.95. The second kappa shape index (κ2) is 9.81. The van der Waals surface area contributed by atoms with Crippen molar-refractivity contribution >= 4 is 22.8 Å². The van der Waals surface area contributed by atoms with Crippen LogP contribution in [-0.4, -0.2) is 26.9 Å². The molecule has 0 unspecified atom stereocenters. The number of benzene rings is 2. The minimum atomic E-state index is 0.662. The molecule has 0 bridgehead atoms. The van der Waals surface area contributed by atoms with Crippen LogP contribution in [-0.2, 0) is 0 Å². The fourth-order valence-electron chi connectivity index (χ4n) is 3.57. The van der Waals surface area contributed by atoms with Gasteiger partial charge in [-0.25, -0.2) is 9.97 Å². The van der Waals surface area contributed by atoms with Crippen LogP contribution in [0.4, 0.5) is 0 Å². The van der Waals surface area contributed by atoms with Crippen molar-refractivity contribution in [3.8, 4) is 22.6 Å². The third kappa shape index (κ3) is 4.36. The lowest BCUT2D eigenvalue weighted by atomic mass is 10.1. The summed E-state index contributed by atoms with van der Waals surface area (Å²) in [4.78, 5) is 9.33. The third-order valence-corrected chi connectivity index (χ3v) is 6.12. The Labute approximate surface area is 182 Å². The van der Waals surface area contributed by atoms with Crippen LogP contribution in [0.25, 0.3) is 27.8 Å². The van der Waals surface area contributed by atoms with Gasteiger partial charge in [-0.15, -0.1) is 11.8 Å². The molecule has 2 aromatic carbocycles. The molecule has 2 aromatic heterocycles. The number of thioether (sulfide) groups is 1. The van der Waals surface area contributed by atoms with Crippen molar-refractivity contribution in [2.45, 2.75) is 38.1 Å². The molecule has 0 aliphatic rings. The second-order valence-electron chi connectivity index (χ2n) is 7.14. The van der Waals surface area contributed by atoms with Gasteiger partial charge in [0.15, 0.2) is 0 Å². The molecule has 0 aliphatic carbocycles. The summed E-state index contributed by atoms with van der Waals surface area (Å²) >= 11 is 1.83. The van der Waals surface area contributed by atoms with Gasteiger partial charge in [0.05, 0.1) is 12.0 Å². The first-order valence-corrected chi connectivity index (χ1v) is 11.6. The topological polar surface area (TPSA) is 39.9 Å². The van der Waals surface area contributed by atoms with Gasteiger partial charge in [-0.05, 0) is 48.9 Å². The van der Waals surface area contributed by atoms with E-state index in [1.54, 1.807) is 6.33 Å². The number of ether oxygens (including phenoxy) is 1. The summed E-state index contributed by atoms with van der Waals surface area (Å²) < 4.78 is 7.76. The molecule has 4 rings (SSSR count). The summed E-state index contributed by atoms with van der Waals surface area (Å²) in [5.41, 5.74) is 4.34. The van der Waals surface area contributed by atoms with E-state index in [-0.39, 0.29) is 0 Å². The Balaban J connectivity index is 1.81. The molecule has 0 radical (unpaired) electrons. The highest BCUT2D eigenvalue weighted by molar-refractivity contribution is 7.99. The molecular formula is C25H27N3OS. The van der Waals surface area contributed by atoms with Gasteiger partial charge < -0.3 is 9.30 Å². The third-order valence-electron chi connectivity index (χ3n) is 5.05.